The third-order valence-corrected chi connectivity index (χ3v) is 8.39. The molecule has 4 rings (SSSR count). The van der Waals surface area contributed by atoms with E-state index in [2.05, 4.69) is 13.8 Å². The van der Waals surface area contributed by atoms with Gasteiger partial charge >= 0.3 is 0 Å². The average molecular weight is 375 g/mol. The van der Waals surface area contributed by atoms with Crippen LogP contribution in [0.3, 0.4) is 0 Å². The number of fused-ring (bicyclic) bond motifs is 5. The number of hydrogen-bond acceptors (Lipinski definition) is 4. The van der Waals surface area contributed by atoms with Crippen LogP contribution in [0.5, 0.6) is 0 Å². The number of ketones is 2. The average Bonchev–Trinajstić information content (AvgIpc) is 2.95. The number of ether oxygens (including phenoxy) is 2. The molecule has 4 unspecified atom stereocenters. The van der Waals surface area contributed by atoms with Gasteiger partial charge < -0.3 is 9.47 Å². The maximum absolute atomic E-state index is 13.2. The Morgan fingerprint density at radius 1 is 1.04 bits per heavy atom. The maximum Gasteiger partial charge on any atom is 0.159 e. The van der Waals surface area contributed by atoms with E-state index >= 15 is 0 Å². The molecule has 0 saturated heterocycles. The summed E-state index contributed by atoms with van der Waals surface area (Å²) in [6.07, 6.45) is 8.72. The second-order valence-electron chi connectivity index (χ2n) is 9.58. The first-order valence-electron chi connectivity index (χ1n) is 10.9. The minimum Gasteiger partial charge on any atom is -0.379 e. The second-order valence-corrected chi connectivity index (χ2v) is 9.58. The summed E-state index contributed by atoms with van der Waals surface area (Å²) >= 11 is 0. The molecule has 27 heavy (non-hydrogen) atoms. The van der Waals surface area contributed by atoms with Gasteiger partial charge in [0.1, 0.15) is 5.78 Å². The standard InChI is InChI=1S/C23H34O4/c1-4-26-11-12-27-16-7-9-22(2)15(13-16)14-19(24)21-17-5-6-20(25)23(17,3)10-8-18(21)22/h14,16-18,21H,4-13H2,1-3H3/t16?,17?,18?,21?,22-,23-/m0/s1. The topological polar surface area (TPSA) is 52.6 Å². The van der Waals surface area contributed by atoms with Gasteiger partial charge in [-0.1, -0.05) is 19.4 Å². The molecule has 0 aliphatic heterocycles. The molecule has 3 fully saturated rings. The fraction of sp³-hybridized carbons (Fsp3) is 0.826. The van der Waals surface area contributed by atoms with Gasteiger partial charge in [-0.15, -0.1) is 0 Å². The number of carbonyl (C=O) groups excluding carboxylic acids is 2. The molecule has 150 valence electrons. The molecule has 0 aromatic carbocycles. The highest BCUT2D eigenvalue weighted by atomic mass is 16.5. The van der Waals surface area contributed by atoms with E-state index in [0.29, 0.717) is 31.3 Å². The number of allylic oxidation sites excluding steroid dienone is 1. The first-order chi connectivity index (χ1) is 12.9. The summed E-state index contributed by atoms with van der Waals surface area (Å²) in [5.74, 6) is 1.39. The predicted octanol–water partition coefficient (Wildman–Crippen LogP) is 4.12. The van der Waals surface area contributed by atoms with Crippen molar-refractivity contribution in [3.8, 4) is 0 Å². The van der Waals surface area contributed by atoms with Crippen molar-refractivity contribution in [2.45, 2.75) is 71.8 Å². The lowest BCUT2D eigenvalue weighted by Crippen LogP contribution is -2.53. The third kappa shape index (κ3) is 3.04. The Balaban J connectivity index is 1.53. The van der Waals surface area contributed by atoms with Crippen LogP contribution in [0.2, 0.25) is 0 Å². The van der Waals surface area contributed by atoms with Crippen LogP contribution < -0.4 is 0 Å². The fourth-order valence-corrected chi connectivity index (χ4v) is 6.70. The first kappa shape index (κ1) is 19.3. The first-order valence-corrected chi connectivity index (χ1v) is 10.9. The van der Waals surface area contributed by atoms with E-state index in [-0.39, 0.29) is 34.6 Å². The Bertz CT molecular complexity index is 653. The van der Waals surface area contributed by atoms with Crippen molar-refractivity contribution in [1.82, 2.24) is 0 Å². The minimum absolute atomic E-state index is 0.0550. The van der Waals surface area contributed by atoms with E-state index in [1.54, 1.807) is 0 Å². The van der Waals surface area contributed by atoms with Crippen molar-refractivity contribution in [2.24, 2.45) is 28.6 Å². The molecule has 3 saturated carbocycles. The molecule has 4 aliphatic carbocycles. The van der Waals surface area contributed by atoms with Crippen molar-refractivity contribution < 1.29 is 19.1 Å². The molecular formula is C23H34O4. The van der Waals surface area contributed by atoms with Gasteiger partial charge in [0.2, 0.25) is 0 Å². The van der Waals surface area contributed by atoms with Gasteiger partial charge in [0.25, 0.3) is 0 Å². The lowest BCUT2D eigenvalue weighted by Gasteiger charge is -2.56. The van der Waals surface area contributed by atoms with Crippen LogP contribution in [0.4, 0.5) is 0 Å². The summed E-state index contributed by atoms with van der Waals surface area (Å²) in [5, 5.41) is 0. The number of carbonyl (C=O) groups is 2. The molecule has 0 bridgehead atoms. The summed E-state index contributed by atoms with van der Waals surface area (Å²) in [6, 6.07) is 0. The van der Waals surface area contributed by atoms with Gasteiger partial charge in [-0.25, -0.2) is 0 Å². The highest BCUT2D eigenvalue weighted by molar-refractivity contribution is 5.96. The molecule has 0 heterocycles. The van der Waals surface area contributed by atoms with E-state index in [4.69, 9.17) is 9.47 Å². The monoisotopic (exact) mass is 374 g/mol. The van der Waals surface area contributed by atoms with E-state index < -0.39 is 0 Å². The van der Waals surface area contributed by atoms with Crippen LogP contribution in [0.25, 0.3) is 0 Å². The number of rotatable bonds is 5. The number of hydrogen-bond donors (Lipinski definition) is 0. The Kier molecular flexibility index (Phi) is 5.09. The Hall–Kier alpha value is -1.00. The Morgan fingerprint density at radius 2 is 1.78 bits per heavy atom. The molecule has 4 heteroatoms. The van der Waals surface area contributed by atoms with Crippen LogP contribution in [0.15, 0.2) is 11.6 Å². The zero-order valence-electron chi connectivity index (χ0n) is 17.1. The van der Waals surface area contributed by atoms with Gasteiger partial charge in [-0.2, -0.15) is 0 Å². The van der Waals surface area contributed by atoms with E-state index in [1.807, 2.05) is 13.0 Å². The lowest BCUT2D eigenvalue weighted by molar-refractivity contribution is -0.140. The van der Waals surface area contributed by atoms with Gasteiger partial charge in [0, 0.05) is 24.4 Å². The van der Waals surface area contributed by atoms with Gasteiger partial charge in [0.15, 0.2) is 5.78 Å². The molecule has 0 aromatic heterocycles. The molecule has 6 atom stereocenters. The third-order valence-electron chi connectivity index (χ3n) is 8.39. The normalized spacial score (nSPS) is 43.7. The van der Waals surface area contributed by atoms with Crippen LogP contribution >= 0.6 is 0 Å². The summed E-state index contributed by atoms with van der Waals surface area (Å²) in [4.78, 5) is 25.7. The smallest absolute Gasteiger partial charge is 0.159 e. The second kappa shape index (κ2) is 7.11. The van der Waals surface area contributed by atoms with Gasteiger partial charge in [-0.3, -0.25) is 9.59 Å². The zero-order valence-corrected chi connectivity index (χ0v) is 17.1. The van der Waals surface area contributed by atoms with Crippen molar-refractivity contribution in [2.75, 3.05) is 19.8 Å². The van der Waals surface area contributed by atoms with E-state index in [1.165, 1.54) is 5.57 Å². The highest BCUT2D eigenvalue weighted by Gasteiger charge is 2.60. The summed E-state index contributed by atoms with van der Waals surface area (Å²) in [7, 11) is 0. The van der Waals surface area contributed by atoms with Crippen molar-refractivity contribution in [3.05, 3.63) is 11.6 Å². The van der Waals surface area contributed by atoms with Crippen molar-refractivity contribution in [1.29, 1.82) is 0 Å². The molecule has 4 aliphatic rings. The summed E-state index contributed by atoms with van der Waals surface area (Å²) < 4.78 is 11.4. The molecule has 0 amide bonds. The summed E-state index contributed by atoms with van der Waals surface area (Å²) in [5.41, 5.74) is 1.15. The fourth-order valence-electron chi connectivity index (χ4n) is 6.70. The predicted molar refractivity (Wildman–Crippen MR) is 103 cm³/mol. The molecule has 0 N–H and O–H groups in total. The number of Topliss-reactive ketones (excluding diaryl/α,β-unsaturated/α-hetero) is 1. The lowest BCUT2D eigenvalue weighted by atomic mass is 9.48. The molecule has 0 aromatic rings. The quantitative estimate of drug-likeness (QED) is 0.679. The Labute approximate surface area is 163 Å². The van der Waals surface area contributed by atoms with Crippen LogP contribution in [-0.4, -0.2) is 37.5 Å². The van der Waals surface area contributed by atoms with Crippen LogP contribution in [-0.2, 0) is 19.1 Å². The van der Waals surface area contributed by atoms with Crippen LogP contribution in [0, 0.1) is 28.6 Å². The van der Waals surface area contributed by atoms with Crippen LogP contribution in [0.1, 0.15) is 65.7 Å². The minimum atomic E-state index is -0.252. The summed E-state index contributed by atoms with van der Waals surface area (Å²) in [6.45, 7) is 8.48. The van der Waals surface area contributed by atoms with Gasteiger partial charge in [-0.05, 0) is 68.8 Å². The van der Waals surface area contributed by atoms with E-state index in [9.17, 15) is 9.59 Å². The molecule has 4 nitrogen and oxygen atoms in total. The largest absolute Gasteiger partial charge is 0.379 e. The maximum atomic E-state index is 13.2. The Morgan fingerprint density at radius 3 is 2.56 bits per heavy atom. The van der Waals surface area contributed by atoms with E-state index in [0.717, 1.165) is 45.1 Å². The highest BCUT2D eigenvalue weighted by Crippen LogP contribution is 2.63. The van der Waals surface area contributed by atoms with Crippen molar-refractivity contribution >= 4 is 11.6 Å². The molecular weight excluding hydrogens is 340 g/mol. The molecule has 0 spiro atoms. The van der Waals surface area contributed by atoms with Crippen molar-refractivity contribution in [3.63, 3.8) is 0 Å². The van der Waals surface area contributed by atoms with Gasteiger partial charge in [0.05, 0.1) is 19.3 Å². The molecule has 0 radical (unpaired) electrons. The SMILES string of the molecule is CCOCCOC1CC[C@@]2(C)C(=CC(=O)C3C2CC[C@]2(C)C(=O)CCC32)C1. The zero-order chi connectivity index (χ0) is 19.2.